The Labute approximate surface area is 137 Å². The van der Waals surface area contributed by atoms with Crippen molar-refractivity contribution in [3.63, 3.8) is 0 Å². The lowest BCUT2D eigenvalue weighted by atomic mass is 10.1. The van der Waals surface area contributed by atoms with E-state index < -0.39 is 0 Å². The van der Waals surface area contributed by atoms with Gasteiger partial charge in [0.1, 0.15) is 6.10 Å². The zero-order chi connectivity index (χ0) is 16.4. The van der Waals surface area contributed by atoms with E-state index in [1.165, 1.54) is 0 Å². The number of hydrogen-bond donors (Lipinski definition) is 0. The molecule has 1 amide bonds. The van der Waals surface area contributed by atoms with Gasteiger partial charge in [-0.25, -0.2) is 4.98 Å². The second-order valence-electron chi connectivity index (χ2n) is 6.33. The van der Waals surface area contributed by atoms with E-state index in [0.29, 0.717) is 12.4 Å². The van der Waals surface area contributed by atoms with Crippen LogP contribution in [-0.4, -0.2) is 35.0 Å². The molecule has 1 unspecified atom stereocenters. The Balaban J connectivity index is 1.64. The van der Waals surface area contributed by atoms with Crippen LogP contribution in [0, 0.1) is 20.8 Å². The summed E-state index contributed by atoms with van der Waals surface area (Å²) in [5.74, 6) is 0.709. The van der Waals surface area contributed by atoms with E-state index in [-0.39, 0.29) is 12.0 Å². The number of hydrogen-bond acceptors (Lipinski definition) is 3. The molecule has 0 N–H and O–H groups in total. The molecule has 4 heteroatoms. The monoisotopic (exact) mass is 310 g/mol. The summed E-state index contributed by atoms with van der Waals surface area (Å²) in [7, 11) is 0. The summed E-state index contributed by atoms with van der Waals surface area (Å²) in [6.07, 6.45) is 2.65. The molecule has 0 bridgehead atoms. The van der Waals surface area contributed by atoms with Crippen LogP contribution in [0.4, 0.5) is 0 Å². The molecule has 1 fully saturated rings. The molecule has 1 aliphatic rings. The molecule has 1 aliphatic heterocycles. The first-order chi connectivity index (χ1) is 11.0. The highest BCUT2D eigenvalue weighted by atomic mass is 16.5. The van der Waals surface area contributed by atoms with Crippen LogP contribution >= 0.6 is 0 Å². The molecule has 2 heterocycles. The van der Waals surface area contributed by atoms with Crippen molar-refractivity contribution in [3.8, 4) is 5.88 Å². The van der Waals surface area contributed by atoms with E-state index in [9.17, 15) is 4.79 Å². The molecule has 1 saturated heterocycles. The lowest BCUT2D eigenvalue weighted by molar-refractivity contribution is 0.0771. The number of aryl methyl sites for hydroxylation is 3. The standard InChI is InChI=1S/C19H22N2O2/c1-13-4-5-18(20-11-13)23-17-6-7-21(12-17)19(22)16-9-14(2)8-15(3)10-16/h4-5,8-11,17H,6-7,12H2,1-3H3. The summed E-state index contributed by atoms with van der Waals surface area (Å²) in [5.41, 5.74) is 4.10. The lowest BCUT2D eigenvalue weighted by Crippen LogP contribution is -2.31. The van der Waals surface area contributed by atoms with Crippen LogP contribution in [-0.2, 0) is 0 Å². The smallest absolute Gasteiger partial charge is 0.254 e. The van der Waals surface area contributed by atoms with Gasteiger partial charge in [0, 0.05) is 30.8 Å². The first-order valence-electron chi connectivity index (χ1n) is 7.98. The van der Waals surface area contributed by atoms with E-state index in [4.69, 9.17) is 4.74 Å². The quantitative estimate of drug-likeness (QED) is 0.873. The number of carbonyl (C=O) groups excluding carboxylic acids is 1. The maximum Gasteiger partial charge on any atom is 0.254 e. The zero-order valence-electron chi connectivity index (χ0n) is 13.9. The predicted octanol–water partition coefficient (Wildman–Crippen LogP) is 3.30. The molecule has 0 aliphatic carbocycles. The molecule has 3 rings (SSSR count). The van der Waals surface area contributed by atoms with Gasteiger partial charge in [-0.05, 0) is 38.5 Å². The zero-order valence-corrected chi connectivity index (χ0v) is 13.9. The Morgan fingerprint density at radius 2 is 1.87 bits per heavy atom. The van der Waals surface area contributed by atoms with Crippen LogP contribution < -0.4 is 4.74 Å². The van der Waals surface area contributed by atoms with Gasteiger partial charge in [0.2, 0.25) is 5.88 Å². The molecule has 1 atom stereocenters. The van der Waals surface area contributed by atoms with Gasteiger partial charge in [-0.1, -0.05) is 23.3 Å². The Morgan fingerprint density at radius 1 is 1.13 bits per heavy atom. The largest absolute Gasteiger partial charge is 0.472 e. The summed E-state index contributed by atoms with van der Waals surface area (Å²) in [5, 5.41) is 0. The Hall–Kier alpha value is -2.36. The first-order valence-corrected chi connectivity index (χ1v) is 7.98. The molecule has 0 radical (unpaired) electrons. The summed E-state index contributed by atoms with van der Waals surface area (Å²) in [6.45, 7) is 7.37. The van der Waals surface area contributed by atoms with Crippen LogP contribution in [0.15, 0.2) is 36.5 Å². The SMILES string of the molecule is Cc1ccc(OC2CCN(C(=O)c3cc(C)cc(C)c3)C2)nc1. The third-order valence-electron chi connectivity index (χ3n) is 4.07. The van der Waals surface area contributed by atoms with E-state index in [0.717, 1.165) is 35.2 Å². The molecular formula is C19H22N2O2. The number of rotatable bonds is 3. The summed E-state index contributed by atoms with van der Waals surface area (Å²) >= 11 is 0. The van der Waals surface area contributed by atoms with E-state index in [1.807, 2.05) is 49.9 Å². The van der Waals surface area contributed by atoms with Gasteiger partial charge in [0.05, 0.1) is 6.54 Å². The fourth-order valence-electron chi connectivity index (χ4n) is 2.98. The molecule has 1 aromatic carbocycles. The molecule has 4 nitrogen and oxygen atoms in total. The number of amides is 1. The van der Waals surface area contributed by atoms with Crippen molar-refractivity contribution < 1.29 is 9.53 Å². The normalized spacial score (nSPS) is 17.3. The minimum atomic E-state index is 0.0139. The Morgan fingerprint density at radius 3 is 2.52 bits per heavy atom. The maximum atomic E-state index is 12.6. The number of nitrogens with zero attached hydrogens (tertiary/aromatic N) is 2. The van der Waals surface area contributed by atoms with Crippen molar-refractivity contribution in [1.82, 2.24) is 9.88 Å². The number of pyridine rings is 1. The van der Waals surface area contributed by atoms with Crippen molar-refractivity contribution >= 4 is 5.91 Å². The van der Waals surface area contributed by atoms with Crippen LogP contribution in [0.25, 0.3) is 0 Å². The highest BCUT2D eigenvalue weighted by molar-refractivity contribution is 5.94. The summed E-state index contributed by atoms with van der Waals surface area (Å²) < 4.78 is 5.89. The molecule has 23 heavy (non-hydrogen) atoms. The van der Waals surface area contributed by atoms with E-state index >= 15 is 0 Å². The average Bonchev–Trinajstić information content (AvgIpc) is 2.96. The fourth-order valence-corrected chi connectivity index (χ4v) is 2.98. The minimum absolute atomic E-state index is 0.0139. The second kappa shape index (κ2) is 6.41. The van der Waals surface area contributed by atoms with Gasteiger partial charge in [0.25, 0.3) is 5.91 Å². The van der Waals surface area contributed by atoms with E-state index in [2.05, 4.69) is 11.1 Å². The molecule has 0 spiro atoms. The van der Waals surface area contributed by atoms with Crippen molar-refractivity contribution in [2.45, 2.75) is 33.3 Å². The van der Waals surface area contributed by atoms with Crippen molar-refractivity contribution in [2.24, 2.45) is 0 Å². The van der Waals surface area contributed by atoms with E-state index in [1.54, 1.807) is 6.20 Å². The maximum absolute atomic E-state index is 12.6. The van der Waals surface area contributed by atoms with Crippen LogP contribution in [0.5, 0.6) is 5.88 Å². The third-order valence-corrected chi connectivity index (χ3v) is 4.07. The van der Waals surface area contributed by atoms with Crippen molar-refractivity contribution in [2.75, 3.05) is 13.1 Å². The topological polar surface area (TPSA) is 42.4 Å². The summed E-state index contributed by atoms with van der Waals surface area (Å²) in [6, 6.07) is 9.84. The van der Waals surface area contributed by atoms with Crippen molar-refractivity contribution in [1.29, 1.82) is 0 Å². The minimum Gasteiger partial charge on any atom is -0.472 e. The van der Waals surface area contributed by atoms with Crippen molar-refractivity contribution in [3.05, 3.63) is 58.8 Å². The predicted molar refractivity (Wildman–Crippen MR) is 89.8 cm³/mol. The highest BCUT2D eigenvalue weighted by Crippen LogP contribution is 2.19. The fraction of sp³-hybridized carbons (Fsp3) is 0.368. The van der Waals surface area contributed by atoms with Crippen LogP contribution in [0.1, 0.15) is 33.5 Å². The number of carbonyl (C=O) groups is 1. The number of aromatic nitrogens is 1. The second-order valence-corrected chi connectivity index (χ2v) is 6.33. The molecule has 2 aromatic rings. The van der Waals surface area contributed by atoms with Gasteiger partial charge < -0.3 is 9.64 Å². The number of ether oxygens (including phenoxy) is 1. The third kappa shape index (κ3) is 3.70. The molecular weight excluding hydrogens is 288 g/mol. The van der Waals surface area contributed by atoms with Crippen LogP contribution in [0.2, 0.25) is 0 Å². The van der Waals surface area contributed by atoms with Gasteiger partial charge in [-0.15, -0.1) is 0 Å². The lowest BCUT2D eigenvalue weighted by Gasteiger charge is -2.17. The molecule has 120 valence electrons. The Kier molecular flexibility index (Phi) is 4.33. The van der Waals surface area contributed by atoms with Crippen LogP contribution in [0.3, 0.4) is 0 Å². The number of benzene rings is 1. The Bertz CT molecular complexity index is 690. The highest BCUT2D eigenvalue weighted by Gasteiger charge is 2.28. The number of likely N-dealkylation sites (tertiary alicyclic amines) is 1. The molecule has 1 aromatic heterocycles. The summed E-state index contributed by atoms with van der Waals surface area (Å²) in [4.78, 5) is 18.8. The average molecular weight is 310 g/mol. The van der Waals surface area contributed by atoms with Gasteiger partial charge >= 0.3 is 0 Å². The molecule has 0 saturated carbocycles. The van der Waals surface area contributed by atoms with Gasteiger partial charge in [-0.2, -0.15) is 0 Å². The first kappa shape index (κ1) is 15.5. The van der Waals surface area contributed by atoms with Gasteiger partial charge in [-0.3, -0.25) is 4.79 Å². The van der Waals surface area contributed by atoms with Gasteiger partial charge in [0.15, 0.2) is 0 Å².